The Balaban J connectivity index is 2.27. The van der Waals surface area contributed by atoms with Crippen molar-refractivity contribution in [2.24, 2.45) is 5.73 Å². The van der Waals surface area contributed by atoms with Crippen LogP contribution in [0.4, 0.5) is 8.78 Å². The molecule has 1 aliphatic rings. The van der Waals surface area contributed by atoms with Gasteiger partial charge in [0.1, 0.15) is 11.6 Å². The van der Waals surface area contributed by atoms with E-state index in [9.17, 15) is 13.9 Å². The van der Waals surface area contributed by atoms with Crippen LogP contribution in [0.3, 0.4) is 0 Å². The molecular formula is C12H14BrF2NO. The first-order valence-corrected chi connectivity index (χ1v) is 6.31. The normalized spacial score (nSPS) is 28.6. The molecule has 0 saturated heterocycles. The molecule has 0 amide bonds. The molecule has 1 saturated carbocycles. The quantitative estimate of drug-likeness (QED) is 0.825. The van der Waals surface area contributed by atoms with Gasteiger partial charge in [0.15, 0.2) is 0 Å². The van der Waals surface area contributed by atoms with Crippen molar-refractivity contribution in [2.45, 2.75) is 37.3 Å². The lowest BCUT2D eigenvalue weighted by atomic mass is 9.92. The number of hydrogen-bond acceptors (Lipinski definition) is 2. The number of rotatable bonds is 2. The molecule has 2 atom stereocenters. The first-order valence-electron chi connectivity index (χ1n) is 5.52. The third kappa shape index (κ3) is 2.67. The van der Waals surface area contributed by atoms with Crippen molar-refractivity contribution in [3.63, 3.8) is 0 Å². The van der Waals surface area contributed by atoms with E-state index in [2.05, 4.69) is 15.9 Å². The van der Waals surface area contributed by atoms with Gasteiger partial charge in [-0.05, 0) is 47.3 Å². The minimum atomic E-state index is -1.08. The van der Waals surface area contributed by atoms with Crippen LogP contribution in [0.2, 0.25) is 0 Å². The van der Waals surface area contributed by atoms with E-state index in [0.29, 0.717) is 19.3 Å². The molecule has 0 aliphatic heterocycles. The Morgan fingerprint density at radius 1 is 1.47 bits per heavy atom. The van der Waals surface area contributed by atoms with Crippen LogP contribution in [0.15, 0.2) is 16.6 Å². The van der Waals surface area contributed by atoms with Crippen LogP contribution in [0, 0.1) is 11.6 Å². The summed E-state index contributed by atoms with van der Waals surface area (Å²) in [6, 6.07) is 2.43. The van der Waals surface area contributed by atoms with Gasteiger partial charge in [-0.3, -0.25) is 0 Å². The van der Waals surface area contributed by atoms with Crippen molar-refractivity contribution in [1.82, 2.24) is 0 Å². The number of aliphatic hydroxyl groups is 1. The molecular weight excluding hydrogens is 292 g/mol. The summed E-state index contributed by atoms with van der Waals surface area (Å²) in [5, 5.41) is 10.2. The Morgan fingerprint density at radius 2 is 2.18 bits per heavy atom. The second kappa shape index (κ2) is 4.63. The van der Waals surface area contributed by atoms with Gasteiger partial charge in [-0.1, -0.05) is 0 Å². The van der Waals surface area contributed by atoms with E-state index in [1.54, 1.807) is 0 Å². The predicted molar refractivity (Wildman–Crippen MR) is 64.5 cm³/mol. The van der Waals surface area contributed by atoms with Crippen molar-refractivity contribution in [3.05, 3.63) is 33.8 Å². The molecule has 1 aromatic carbocycles. The van der Waals surface area contributed by atoms with Gasteiger partial charge in [0.2, 0.25) is 0 Å². The summed E-state index contributed by atoms with van der Waals surface area (Å²) in [5.74, 6) is -1.27. The first-order chi connectivity index (χ1) is 7.91. The third-order valence-electron chi connectivity index (χ3n) is 3.27. The van der Waals surface area contributed by atoms with Crippen LogP contribution in [-0.2, 0) is 6.42 Å². The van der Waals surface area contributed by atoms with Gasteiger partial charge in [-0.2, -0.15) is 0 Å². The molecule has 1 fully saturated rings. The molecule has 17 heavy (non-hydrogen) atoms. The molecule has 2 nitrogen and oxygen atoms in total. The highest BCUT2D eigenvalue weighted by Crippen LogP contribution is 2.34. The van der Waals surface area contributed by atoms with E-state index in [-0.39, 0.29) is 22.5 Å². The largest absolute Gasteiger partial charge is 0.389 e. The second-order valence-corrected chi connectivity index (χ2v) is 5.58. The van der Waals surface area contributed by atoms with Crippen LogP contribution < -0.4 is 5.73 Å². The van der Waals surface area contributed by atoms with Gasteiger partial charge in [-0.25, -0.2) is 8.78 Å². The van der Waals surface area contributed by atoms with Gasteiger partial charge in [0, 0.05) is 18.0 Å². The van der Waals surface area contributed by atoms with Gasteiger partial charge in [0.25, 0.3) is 0 Å². The van der Waals surface area contributed by atoms with Crippen LogP contribution in [0.25, 0.3) is 0 Å². The molecule has 0 aromatic heterocycles. The van der Waals surface area contributed by atoms with Crippen LogP contribution >= 0.6 is 15.9 Å². The van der Waals surface area contributed by atoms with Gasteiger partial charge in [-0.15, -0.1) is 0 Å². The third-order valence-corrected chi connectivity index (χ3v) is 3.88. The zero-order valence-corrected chi connectivity index (χ0v) is 10.8. The summed E-state index contributed by atoms with van der Waals surface area (Å²) in [4.78, 5) is 0. The highest BCUT2D eigenvalue weighted by Gasteiger charge is 2.37. The SMILES string of the molecule is NC1CCC(O)(Cc2c(F)ccc(Br)c2F)C1. The van der Waals surface area contributed by atoms with Gasteiger partial charge >= 0.3 is 0 Å². The van der Waals surface area contributed by atoms with Crippen molar-refractivity contribution >= 4 is 15.9 Å². The molecule has 2 unspecified atom stereocenters. The molecule has 0 heterocycles. The number of hydrogen-bond donors (Lipinski definition) is 2. The monoisotopic (exact) mass is 305 g/mol. The van der Waals surface area contributed by atoms with E-state index < -0.39 is 17.2 Å². The lowest BCUT2D eigenvalue weighted by Crippen LogP contribution is -2.31. The van der Waals surface area contributed by atoms with E-state index in [1.165, 1.54) is 12.1 Å². The zero-order chi connectivity index (χ0) is 12.6. The first kappa shape index (κ1) is 12.9. The Morgan fingerprint density at radius 3 is 2.76 bits per heavy atom. The molecule has 5 heteroatoms. The number of nitrogens with two attached hydrogens (primary N) is 1. The maximum atomic E-state index is 13.8. The summed E-state index contributed by atoms with van der Waals surface area (Å²) >= 11 is 3.01. The molecule has 1 aromatic rings. The molecule has 1 aliphatic carbocycles. The lowest BCUT2D eigenvalue weighted by Gasteiger charge is -2.23. The number of halogens is 3. The predicted octanol–water partition coefficient (Wildman–Crippen LogP) is 2.51. The standard InChI is InChI=1S/C12H14BrF2NO/c13-9-1-2-10(14)8(11(9)15)6-12(17)4-3-7(16)5-12/h1-2,7,17H,3-6,16H2. The molecule has 3 N–H and O–H groups in total. The van der Waals surface area contributed by atoms with E-state index in [4.69, 9.17) is 5.73 Å². The Labute approximate surface area is 107 Å². The fraction of sp³-hybridized carbons (Fsp3) is 0.500. The summed E-state index contributed by atoms with van der Waals surface area (Å²) in [6.07, 6.45) is 1.53. The summed E-state index contributed by atoms with van der Waals surface area (Å²) < 4.78 is 27.5. The van der Waals surface area contributed by atoms with E-state index in [1.807, 2.05) is 0 Å². The average molecular weight is 306 g/mol. The summed E-state index contributed by atoms with van der Waals surface area (Å²) in [7, 11) is 0. The average Bonchev–Trinajstić information content (AvgIpc) is 2.60. The van der Waals surface area contributed by atoms with Crippen molar-refractivity contribution in [1.29, 1.82) is 0 Å². The second-order valence-electron chi connectivity index (χ2n) is 4.73. The molecule has 0 radical (unpaired) electrons. The fourth-order valence-corrected chi connectivity index (χ4v) is 2.74. The zero-order valence-electron chi connectivity index (χ0n) is 9.22. The molecule has 0 spiro atoms. The highest BCUT2D eigenvalue weighted by atomic mass is 79.9. The lowest BCUT2D eigenvalue weighted by molar-refractivity contribution is 0.0450. The molecule has 2 rings (SSSR count). The van der Waals surface area contributed by atoms with Gasteiger partial charge in [0.05, 0.1) is 10.1 Å². The minimum absolute atomic E-state index is 0.0300. The Bertz CT molecular complexity index is 441. The maximum absolute atomic E-state index is 13.8. The maximum Gasteiger partial charge on any atom is 0.143 e. The van der Waals surface area contributed by atoms with Crippen molar-refractivity contribution < 1.29 is 13.9 Å². The molecule has 94 valence electrons. The Kier molecular flexibility index (Phi) is 3.52. The van der Waals surface area contributed by atoms with Crippen molar-refractivity contribution in [2.75, 3.05) is 0 Å². The van der Waals surface area contributed by atoms with Crippen LogP contribution in [-0.4, -0.2) is 16.7 Å². The van der Waals surface area contributed by atoms with Gasteiger partial charge < -0.3 is 10.8 Å². The van der Waals surface area contributed by atoms with Crippen molar-refractivity contribution in [3.8, 4) is 0 Å². The number of benzene rings is 1. The summed E-state index contributed by atoms with van der Waals surface area (Å²) in [5.41, 5.74) is 4.56. The van der Waals surface area contributed by atoms with E-state index >= 15 is 0 Å². The summed E-state index contributed by atoms with van der Waals surface area (Å²) in [6.45, 7) is 0. The fourth-order valence-electron chi connectivity index (χ4n) is 2.37. The highest BCUT2D eigenvalue weighted by molar-refractivity contribution is 9.10. The topological polar surface area (TPSA) is 46.2 Å². The smallest absolute Gasteiger partial charge is 0.143 e. The van der Waals surface area contributed by atoms with Crippen LogP contribution in [0.5, 0.6) is 0 Å². The molecule has 0 bridgehead atoms. The van der Waals surface area contributed by atoms with E-state index in [0.717, 1.165) is 0 Å². The van der Waals surface area contributed by atoms with Crippen LogP contribution in [0.1, 0.15) is 24.8 Å². The Hall–Kier alpha value is -0.520. The minimum Gasteiger partial charge on any atom is -0.389 e.